The lowest BCUT2D eigenvalue weighted by Crippen LogP contribution is -1.97. The molecule has 2 heteroatoms. The van der Waals surface area contributed by atoms with Gasteiger partial charge >= 0.3 is 0 Å². The summed E-state index contributed by atoms with van der Waals surface area (Å²) < 4.78 is 0. The highest BCUT2D eigenvalue weighted by Crippen LogP contribution is 2.30. The summed E-state index contributed by atoms with van der Waals surface area (Å²) in [6.07, 6.45) is 0.984. The van der Waals surface area contributed by atoms with Gasteiger partial charge in [-0.2, -0.15) is 0 Å². The number of aryl methyl sites for hydroxylation is 1. The molecule has 1 aromatic heterocycles. The van der Waals surface area contributed by atoms with Crippen LogP contribution in [0, 0.1) is 6.92 Å². The molecule has 2 rings (SSSR count). The number of fused-ring (bicyclic) bond motifs is 1. The lowest BCUT2D eigenvalue weighted by molar-refractivity contribution is 0.458. The Balaban J connectivity index is 2.69. The molecule has 16 heavy (non-hydrogen) atoms. The predicted octanol–water partition coefficient (Wildman–Crippen LogP) is 3.76. The second-order valence-corrected chi connectivity index (χ2v) is 4.35. The lowest BCUT2D eigenvalue weighted by Gasteiger charge is -2.12. The number of aromatic hydroxyl groups is 1. The van der Waals surface area contributed by atoms with E-state index in [-0.39, 0.29) is 0 Å². The van der Waals surface area contributed by atoms with Gasteiger partial charge in [-0.15, -0.1) is 0 Å². The molecule has 0 fully saturated rings. The van der Waals surface area contributed by atoms with Crippen LogP contribution in [-0.4, -0.2) is 10.1 Å². The summed E-state index contributed by atoms with van der Waals surface area (Å²) in [5.74, 6) is 0.608. The normalized spacial score (nSPS) is 12.9. The molecule has 0 amide bonds. The van der Waals surface area contributed by atoms with Crippen LogP contribution in [0.3, 0.4) is 0 Å². The van der Waals surface area contributed by atoms with Gasteiger partial charge in [0, 0.05) is 11.3 Å². The van der Waals surface area contributed by atoms with Crippen molar-refractivity contribution in [1.82, 2.24) is 4.98 Å². The summed E-state index contributed by atoms with van der Waals surface area (Å²) in [6.45, 7) is 6.24. The molecule has 1 N–H and O–H groups in total. The first-order valence-corrected chi connectivity index (χ1v) is 5.72. The zero-order valence-electron chi connectivity index (χ0n) is 9.99. The third-order valence-electron chi connectivity index (χ3n) is 3.14. The standard InChI is InChI=1S/C14H17NO/c1-4-9(2)14-12(16)8-11-7-5-6-10(3)13(11)15-14/h5-9,16H,4H2,1-3H3. The first-order chi connectivity index (χ1) is 7.63. The van der Waals surface area contributed by atoms with E-state index in [0.717, 1.165) is 28.6 Å². The summed E-state index contributed by atoms with van der Waals surface area (Å²) in [5, 5.41) is 10.9. The monoisotopic (exact) mass is 215 g/mol. The summed E-state index contributed by atoms with van der Waals surface area (Å²) in [6, 6.07) is 7.83. The Kier molecular flexibility index (Phi) is 2.82. The van der Waals surface area contributed by atoms with Gasteiger partial charge in [0.25, 0.3) is 0 Å². The van der Waals surface area contributed by atoms with Crippen molar-refractivity contribution in [1.29, 1.82) is 0 Å². The molecule has 0 spiro atoms. The molecule has 0 aliphatic heterocycles. The number of hydrogen-bond donors (Lipinski definition) is 1. The average Bonchev–Trinajstić information content (AvgIpc) is 2.28. The molecule has 0 bridgehead atoms. The van der Waals surface area contributed by atoms with Crippen LogP contribution < -0.4 is 0 Å². The van der Waals surface area contributed by atoms with Crippen LogP contribution in [0.5, 0.6) is 5.75 Å². The maximum atomic E-state index is 9.94. The zero-order valence-corrected chi connectivity index (χ0v) is 9.99. The number of benzene rings is 1. The fourth-order valence-corrected chi connectivity index (χ4v) is 1.91. The minimum atomic E-state index is 0.295. The summed E-state index contributed by atoms with van der Waals surface area (Å²) in [5.41, 5.74) is 2.96. The smallest absolute Gasteiger partial charge is 0.137 e. The molecule has 1 atom stereocenters. The molecule has 0 aliphatic rings. The molecule has 1 unspecified atom stereocenters. The molecule has 0 saturated heterocycles. The average molecular weight is 215 g/mol. The second kappa shape index (κ2) is 4.12. The van der Waals surface area contributed by atoms with E-state index in [1.165, 1.54) is 0 Å². The number of hydrogen-bond acceptors (Lipinski definition) is 2. The van der Waals surface area contributed by atoms with E-state index in [1.807, 2.05) is 31.2 Å². The van der Waals surface area contributed by atoms with Gasteiger partial charge < -0.3 is 5.11 Å². The molecular formula is C14H17NO. The highest BCUT2D eigenvalue weighted by molar-refractivity contribution is 5.83. The van der Waals surface area contributed by atoms with Crippen LogP contribution in [0.2, 0.25) is 0 Å². The molecule has 0 saturated carbocycles. The van der Waals surface area contributed by atoms with Gasteiger partial charge in [-0.1, -0.05) is 32.0 Å². The van der Waals surface area contributed by atoms with Crippen LogP contribution >= 0.6 is 0 Å². The number of para-hydroxylation sites is 1. The number of aromatic nitrogens is 1. The second-order valence-electron chi connectivity index (χ2n) is 4.35. The fourth-order valence-electron chi connectivity index (χ4n) is 1.91. The molecule has 84 valence electrons. The lowest BCUT2D eigenvalue weighted by atomic mass is 10.0. The third-order valence-corrected chi connectivity index (χ3v) is 3.14. The molecular weight excluding hydrogens is 198 g/mol. The van der Waals surface area contributed by atoms with E-state index >= 15 is 0 Å². The number of pyridine rings is 1. The van der Waals surface area contributed by atoms with Crippen molar-refractivity contribution in [3.63, 3.8) is 0 Å². The largest absolute Gasteiger partial charge is 0.506 e. The number of nitrogens with zero attached hydrogens (tertiary/aromatic N) is 1. The van der Waals surface area contributed by atoms with Gasteiger partial charge in [0.15, 0.2) is 0 Å². The van der Waals surface area contributed by atoms with E-state index < -0.39 is 0 Å². The Morgan fingerprint density at radius 2 is 2.12 bits per heavy atom. The Morgan fingerprint density at radius 3 is 2.81 bits per heavy atom. The maximum absolute atomic E-state index is 9.94. The Morgan fingerprint density at radius 1 is 1.38 bits per heavy atom. The van der Waals surface area contributed by atoms with Crippen LogP contribution in [0.15, 0.2) is 24.3 Å². The van der Waals surface area contributed by atoms with Crippen LogP contribution in [0.25, 0.3) is 10.9 Å². The minimum Gasteiger partial charge on any atom is -0.506 e. The van der Waals surface area contributed by atoms with E-state index in [1.54, 1.807) is 0 Å². The van der Waals surface area contributed by atoms with Gasteiger partial charge in [-0.25, -0.2) is 4.98 Å². The Labute approximate surface area is 96.0 Å². The summed E-state index contributed by atoms with van der Waals surface area (Å²) >= 11 is 0. The van der Waals surface area contributed by atoms with Crippen molar-refractivity contribution in [2.24, 2.45) is 0 Å². The quantitative estimate of drug-likeness (QED) is 0.827. The van der Waals surface area contributed by atoms with Crippen molar-refractivity contribution in [3.8, 4) is 5.75 Å². The van der Waals surface area contributed by atoms with E-state index in [2.05, 4.69) is 18.8 Å². The van der Waals surface area contributed by atoms with E-state index in [0.29, 0.717) is 11.7 Å². The van der Waals surface area contributed by atoms with Crippen molar-refractivity contribution in [2.45, 2.75) is 33.1 Å². The topological polar surface area (TPSA) is 33.1 Å². The Hall–Kier alpha value is -1.57. The maximum Gasteiger partial charge on any atom is 0.137 e. The zero-order chi connectivity index (χ0) is 11.7. The third kappa shape index (κ3) is 1.75. The Bertz CT molecular complexity index is 519. The SMILES string of the molecule is CCC(C)c1nc2c(C)cccc2cc1O. The molecule has 1 aromatic carbocycles. The van der Waals surface area contributed by atoms with E-state index in [4.69, 9.17) is 0 Å². The van der Waals surface area contributed by atoms with E-state index in [9.17, 15) is 5.11 Å². The van der Waals surface area contributed by atoms with Gasteiger partial charge in [-0.05, 0) is 25.0 Å². The van der Waals surface area contributed by atoms with Crippen LogP contribution in [-0.2, 0) is 0 Å². The van der Waals surface area contributed by atoms with Crippen molar-refractivity contribution < 1.29 is 5.11 Å². The summed E-state index contributed by atoms with van der Waals surface area (Å²) in [4.78, 5) is 4.60. The highest BCUT2D eigenvalue weighted by atomic mass is 16.3. The molecule has 0 radical (unpaired) electrons. The molecule has 1 heterocycles. The number of rotatable bonds is 2. The fraction of sp³-hybridized carbons (Fsp3) is 0.357. The first kappa shape index (κ1) is 10.9. The first-order valence-electron chi connectivity index (χ1n) is 5.72. The van der Waals surface area contributed by atoms with Crippen LogP contribution in [0.1, 0.15) is 37.4 Å². The van der Waals surface area contributed by atoms with Crippen molar-refractivity contribution >= 4 is 10.9 Å². The minimum absolute atomic E-state index is 0.295. The van der Waals surface area contributed by atoms with Gasteiger partial charge in [0.1, 0.15) is 5.75 Å². The predicted molar refractivity (Wildman–Crippen MR) is 66.9 cm³/mol. The van der Waals surface area contributed by atoms with Gasteiger partial charge in [0.2, 0.25) is 0 Å². The van der Waals surface area contributed by atoms with Crippen LogP contribution in [0.4, 0.5) is 0 Å². The van der Waals surface area contributed by atoms with Gasteiger partial charge in [0.05, 0.1) is 11.2 Å². The summed E-state index contributed by atoms with van der Waals surface area (Å²) in [7, 11) is 0. The molecule has 2 nitrogen and oxygen atoms in total. The molecule has 2 aromatic rings. The van der Waals surface area contributed by atoms with Crippen molar-refractivity contribution in [3.05, 3.63) is 35.5 Å². The molecule has 0 aliphatic carbocycles. The highest BCUT2D eigenvalue weighted by Gasteiger charge is 2.12. The van der Waals surface area contributed by atoms with Gasteiger partial charge in [-0.3, -0.25) is 0 Å². The van der Waals surface area contributed by atoms with Crippen molar-refractivity contribution in [2.75, 3.05) is 0 Å².